The largest absolute Gasteiger partial charge is 0.323 e. The van der Waals surface area contributed by atoms with Crippen molar-refractivity contribution in [3.63, 3.8) is 0 Å². The summed E-state index contributed by atoms with van der Waals surface area (Å²) >= 11 is 0. The van der Waals surface area contributed by atoms with Crippen LogP contribution in [0.25, 0.3) is 0 Å². The highest BCUT2D eigenvalue weighted by atomic mass is 15.2. The van der Waals surface area contributed by atoms with E-state index in [9.17, 15) is 0 Å². The second-order valence-corrected chi connectivity index (χ2v) is 6.15. The van der Waals surface area contributed by atoms with Gasteiger partial charge in [0.2, 0.25) is 0 Å². The molecule has 0 radical (unpaired) electrons. The molecule has 0 amide bonds. The first kappa shape index (κ1) is 18.1. The van der Waals surface area contributed by atoms with Crippen molar-refractivity contribution < 1.29 is 0 Å². The second-order valence-electron chi connectivity index (χ2n) is 6.15. The van der Waals surface area contributed by atoms with Gasteiger partial charge in [0.15, 0.2) is 0 Å². The molecule has 1 aromatic rings. The van der Waals surface area contributed by atoms with Gasteiger partial charge in [0.05, 0.1) is 0 Å². The molecule has 3 heteroatoms. The summed E-state index contributed by atoms with van der Waals surface area (Å²) in [6, 6.07) is 9.22. The van der Waals surface area contributed by atoms with E-state index in [2.05, 4.69) is 68.9 Å². The van der Waals surface area contributed by atoms with Crippen molar-refractivity contribution in [2.45, 2.75) is 45.7 Å². The molecule has 1 rings (SSSR count). The van der Waals surface area contributed by atoms with Crippen molar-refractivity contribution in [2.24, 2.45) is 5.73 Å². The van der Waals surface area contributed by atoms with E-state index < -0.39 is 0 Å². The number of nitrogens with zero attached hydrogens (tertiary/aromatic N) is 2. The van der Waals surface area contributed by atoms with Gasteiger partial charge >= 0.3 is 0 Å². The van der Waals surface area contributed by atoms with Crippen LogP contribution in [0, 0.1) is 0 Å². The van der Waals surface area contributed by atoms with Gasteiger partial charge in [-0.15, -0.1) is 0 Å². The third kappa shape index (κ3) is 5.77. The molecule has 120 valence electrons. The van der Waals surface area contributed by atoms with Crippen LogP contribution in [0.2, 0.25) is 0 Å². The van der Waals surface area contributed by atoms with Crippen molar-refractivity contribution in [1.29, 1.82) is 0 Å². The Balaban J connectivity index is 2.62. The van der Waals surface area contributed by atoms with Gasteiger partial charge in [-0.05, 0) is 64.6 Å². The Morgan fingerprint density at radius 1 is 1.05 bits per heavy atom. The first-order chi connectivity index (χ1) is 9.99. The molecule has 21 heavy (non-hydrogen) atoms. The molecule has 3 nitrogen and oxygen atoms in total. The zero-order valence-corrected chi connectivity index (χ0v) is 14.5. The van der Waals surface area contributed by atoms with Crippen molar-refractivity contribution in [3.05, 3.63) is 35.4 Å². The molecule has 0 aliphatic rings. The summed E-state index contributed by atoms with van der Waals surface area (Å²) < 4.78 is 0. The number of hydrogen-bond acceptors (Lipinski definition) is 3. The lowest BCUT2D eigenvalue weighted by Crippen LogP contribution is -2.41. The van der Waals surface area contributed by atoms with E-state index in [1.807, 2.05) is 0 Å². The van der Waals surface area contributed by atoms with Crippen LogP contribution in [0.15, 0.2) is 24.3 Å². The average Bonchev–Trinajstić information content (AvgIpc) is 2.50. The highest BCUT2D eigenvalue weighted by Crippen LogP contribution is 2.19. The fourth-order valence-electron chi connectivity index (χ4n) is 2.72. The maximum atomic E-state index is 6.49. The molecule has 0 heterocycles. The Morgan fingerprint density at radius 2 is 1.67 bits per heavy atom. The Morgan fingerprint density at radius 3 is 2.14 bits per heavy atom. The Kier molecular flexibility index (Phi) is 7.94. The lowest BCUT2D eigenvalue weighted by atomic mass is 9.98. The van der Waals surface area contributed by atoms with Gasteiger partial charge < -0.3 is 10.6 Å². The monoisotopic (exact) mass is 291 g/mol. The third-order valence-electron chi connectivity index (χ3n) is 4.33. The topological polar surface area (TPSA) is 32.5 Å². The number of aryl methyl sites for hydroxylation is 1. The summed E-state index contributed by atoms with van der Waals surface area (Å²) in [5.41, 5.74) is 9.10. The molecule has 0 aromatic heterocycles. The maximum absolute atomic E-state index is 6.49. The maximum Gasteiger partial charge on any atom is 0.0450 e. The Labute approximate surface area is 131 Å². The van der Waals surface area contributed by atoms with Gasteiger partial charge in [-0.3, -0.25) is 4.90 Å². The molecular weight excluding hydrogens is 258 g/mol. The molecule has 0 aliphatic carbocycles. The molecular formula is C18H33N3. The summed E-state index contributed by atoms with van der Waals surface area (Å²) in [4.78, 5) is 4.73. The first-order valence-electron chi connectivity index (χ1n) is 8.22. The lowest BCUT2D eigenvalue weighted by molar-refractivity contribution is 0.184. The number of likely N-dealkylation sites (N-methyl/N-ethyl adjacent to an activating group) is 1. The second kappa shape index (κ2) is 9.19. The molecule has 2 unspecified atom stereocenters. The first-order valence-corrected chi connectivity index (χ1v) is 8.22. The minimum atomic E-state index is 0.0789. The summed E-state index contributed by atoms with van der Waals surface area (Å²) in [6.45, 7) is 9.94. The number of nitrogens with two attached hydrogens (primary N) is 1. The summed E-state index contributed by atoms with van der Waals surface area (Å²) in [7, 11) is 4.25. The molecule has 0 saturated heterocycles. The number of benzene rings is 1. The van der Waals surface area contributed by atoms with E-state index in [1.54, 1.807) is 0 Å². The molecule has 2 atom stereocenters. The summed E-state index contributed by atoms with van der Waals surface area (Å²) in [5.74, 6) is 0. The Bertz CT molecular complexity index is 386. The standard InChI is InChI=1S/C18H33N3/c1-6-16-9-11-17(12-10-16)18(19)15(3)21(7-2)14-8-13-20(4)5/h9-12,15,18H,6-8,13-14,19H2,1-5H3. The molecule has 0 bridgehead atoms. The lowest BCUT2D eigenvalue weighted by Gasteiger charge is -2.32. The molecule has 1 aromatic carbocycles. The van der Waals surface area contributed by atoms with E-state index in [0.29, 0.717) is 6.04 Å². The van der Waals surface area contributed by atoms with E-state index in [1.165, 1.54) is 17.5 Å². The van der Waals surface area contributed by atoms with Gasteiger partial charge in [0.25, 0.3) is 0 Å². The van der Waals surface area contributed by atoms with Crippen LogP contribution in [-0.4, -0.2) is 49.6 Å². The Hall–Kier alpha value is -0.900. The molecule has 0 aliphatic heterocycles. The van der Waals surface area contributed by atoms with Crippen LogP contribution in [0.3, 0.4) is 0 Å². The smallest absolute Gasteiger partial charge is 0.0450 e. The van der Waals surface area contributed by atoms with E-state index in [0.717, 1.165) is 26.1 Å². The van der Waals surface area contributed by atoms with E-state index >= 15 is 0 Å². The van der Waals surface area contributed by atoms with Crippen LogP contribution in [0.1, 0.15) is 44.4 Å². The fraction of sp³-hybridized carbons (Fsp3) is 0.667. The van der Waals surface area contributed by atoms with Gasteiger partial charge in [0.1, 0.15) is 0 Å². The molecule has 0 fully saturated rings. The van der Waals surface area contributed by atoms with Gasteiger partial charge in [-0.2, -0.15) is 0 Å². The summed E-state index contributed by atoms with van der Waals surface area (Å²) in [5, 5.41) is 0. The minimum absolute atomic E-state index is 0.0789. The third-order valence-corrected chi connectivity index (χ3v) is 4.33. The predicted molar refractivity (Wildman–Crippen MR) is 92.6 cm³/mol. The molecule has 2 N–H and O–H groups in total. The zero-order valence-electron chi connectivity index (χ0n) is 14.5. The van der Waals surface area contributed by atoms with Crippen LogP contribution in [0.5, 0.6) is 0 Å². The molecule has 0 saturated carbocycles. The minimum Gasteiger partial charge on any atom is -0.323 e. The van der Waals surface area contributed by atoms with Crippen molar-refractivity contribution in [1.82, 2.24) is 9.80 Å². The quantitative estimate of drug-likeness (QED) is 0.759. The highest BCUT2D eigenvalue weighted by molar-refractivity contribution is 5.25. The van der Waals surface area contributed by atoms with Crippen molar-refractivity contribution in [2.75, 3.05) is 33.7 Å². The van der Waals surface area contributed by atoms with Gasteiger partial charge in [-0.1, -0.05) is 38.1 Å². The average molecular weight is 291 g/mol. The van der Waals surface area contributed by atoms with Crippen molar-refractivity contribution in [3.8, 4) is 0 Å². The molecule has 0 spiro atoms. The predicted octanol–water partition coefficient (Wildman–Crippen LogP) is 2.91. The van der Waals surface area contributed by atoms with Crippen LogP contribution in [-0.2, 0) is 6.42 Å². The highest BCUT2D eigenvalue weighted by Gasteiger charge is 2.20. The van der Waals surface area contributed by atoms with Gasteiger partial charge in [0, 0.05) is 12.1 Å². The van der Waals surface area contributed by atoms with Gasteiger partial charge in [-0.25, -0.2) is 0 Å². The normalized spacial score (nSPS) is 14.7. The van der Waals surface area contributed by atoms with E-state index in [-0.39, 0.29) is 6.04 Å². The number of rotatable bonds is 9. The number of hydrogen-bond donors (Lipinski definition) is 1. The van der Waals surface area contributed by atoms with Crippen LogP contribution < -0.4 is 5.73 Å². The van der Waals surface area contributed by atoms with Crippen LogP contribution in [0.4, 0.5) is 0 Å². The van der Waals surface area contributed by atoms with Crippen LogP contribution >= 0.6 is 0 Å². The fourth-order valence-corrected chi connectivity index (χ4v) is 2.72. The van der Waals surface area contributed by atoms with E-state index in [4.69, 9.17) is 5.73 Å². The zero-order chi connectivity index (χ0) is 15.8. The summed E-state index contributed by atoms with van der Waals surface area (Å²) in [6.07, 6.45) is 2.27. The van der Waals surface area contributed by atoms with Crippen molar-refractivity contribution >= 4 is 0 Å². The SMILES string of the molecule is CCc1ccc(C(N)C(C)N(CC)CCCN(C)C)cc1.